The predicted molar refractivity (Wildman–Crippen MR) is 72.4 cm³/mol. The van der Waals surface area contributed by atoms with Crippen LogP contribution in [0.3, 0.4) is 0 Å². The van der Waals surface area contributed by atoms with Gasteiger partial charge in [-0.3, -0.25) is 4.99 Å². The molecule has 0 radical (unpaired) electrons. The Morgan fingerprint density at radius 3 is 2.78 bits per heavy atom. The summed E-state index contributed by atoms with van der Waals surface area (Å²) < 4.78 is 28.6. The van der Waals surface area contributed by atoms with E-state index in [9.17, 15) is 8.42 Å². The number of guanidine groups is 1. The maximum absolute atomic E-state index is 11.6. The van der Waals surface area contributed by atoms with E-state index in [4.69, 9.17) is 10.5 Å². The van der Waals surface area contributed by atoms with E-state index in [0.717, 1.165) is 0 Å². The molecule has 0 saturated carbocycles. The molecule has 7 heteroatoms. The number of morpholine rings is 1. The van der Waals surface area contributed by atoms with Crippen molar-refractivity contribution in [2.45, 2.75) is 32.1 Å². The molecule has 2 N–H and O–H groups in total. The minimum atomic E-state index is -3.04. The van der Waals surface area contributed by atoms with Gasteiger partial charge in [0.2, 0.25) is 0 Å². The zero-order valence-corrected chi connectivity index (χ0v) is 12.1. The van der Waals surface area contributed by atoms with Crippen LogP contribution in [-0.2, 0) is 14.6 Å². The van der Waals surface area contributed by atoms with E-state index in [0.29, 0.717) is 25.7 Å². The van der Waals surface area contributed by atoms with Crippen molar-refractivity contribution in [3.8, 4) is 0 Å². The largest absolute Gasteiger partial charge is 0.375 e. The van der Waals surface area contributed by atoms with Crippen LogP contribution in [0, 0.1) is 0 Å². The number of aliphatic imine (C=N–C) groups is 1. The lowest BCUT2D eigenvalue weighted by molar-refractivity contribution is 0.00531. The van der Waals surface area contributed by atoms with Crippen LogP contribution < -0.4 is 5.73 Å². The average Bonchev–Trinajstić information content (AvgIpc) is 2.28. The molecule has 0 aromatic carbocycles. The third kappa shape index (κ3) is 4.45. The summed E-state index contributed by atoms with van der Waals surface area (Å²) in [4.78, 5) is 6.06. The van der Waals surface area contributed by atoms with Crippen LogP contribution in [0.4, 0.5) is 0 Å². The molecule has 1 saturated heterocycles. The SMILES string of the molecule is CC1CN(C(N)=NCCS(=O)(=O)C(C)C)CCO1. The minimum absolute atomic E-state index is 0.0469. The van der Waals surface area contributed by atoms with Crippen LogP contribution in [0.2, 0.25) is 0 Å². The first-order valence-corrected chi connectivity index (χ1v) is 7.92. The highest BCUT2D eigenvalue weighted by Crippen LogP contribution is 2.04. The second-order valence-electron chi connectivity index (χ2n) is 4.78. The van der Waals surface area contributed by atoms with E-state index in [1.165, 1.54) is 0 Å². The maximum atomic E-state index is 11.6. The van der Waals surface area contributed by atoms with Crippen molar-refractivity contribution in [1.29, 1.82) is 0 Å². The van der Waals surface area contributed by atoms with Crippen LogP contribution in [-0.4, -0.2) is 62.6 Å². The van der Waals surface area contributed by atoms with Gasteiger partial charge in [0.1, 0.15) is 0 Å². The molecule has 1 aliphatic heterocycles. The molecule has 106 valence electrons. The van der Waals surface area contributed by atoms with Gasteiger partial charge in [0.15, 0.2) is 15.8 Å². The van der Waals surface area contributed by atoms with Crippen molar-refractivity contribution in [1.82, 2.24) is 4.90 Å². The van der Waals surface area contributed by atoms with E-state index in [-0.39, 0.29) is 23.7 Å². The molecule has 1 heterocycles. The van der Waals surface area contributed by atoms with Gasteiger partial charge in [-0.25, -0.2) is 8.42 Å². The molecule has 0 amide bonds. The average molecular weight is 277 g/mol. The van der Waals surface area contributed by atoms with Crippen molar-refractivity contribution < 1.29 is 13.2 Å². The number of nitrogens with two attached hydrogens (primary N) is 1. The van der Waals surface area contributed by atoms with Crippen LogP contribution >= 0.6 is 0 Å². The fraction of sp³-hybridized carbons (Fsp3) is 0.909. The summed E-state index contributed by atoms with van der Waals surface area (Å²) >= 11 is 0. The Balaban J connectivity index is 2.47. The summed E-state index contributed by atoms with van der Waals surface area (Å²) in [6.45, 7) is 7.57. The number of nitrogens with zero attached hydrogens (tertiary/aromatic N) is 2. The van der Waals surface area contributed by atoms with Gasteiger partial charge in [-0.05, 0) is 20.8 Å². The third-order valence-corrected chi connectivity index (χ3v) is 5.12. The van der Waals surface area contributed by atoms with Crippen molar-refractivity contribution in [2.24, 2.45) is 10.7 Å². The fourth-order valence-electron chi connectivity index (χ4n) is 1.65. The van der Waals surface area contributed by atoms with Gasteiger partial charge in [0.25, 0.3) is 0 Å². The summed E-state index contributed by atoms with van der Waals surface area (Å²) in [6, 6.07) is 0. The van der Waals surface area contributed by atoms with Gasteiger partial charge >= 0.3 is 0 Å². The first-order valence-electron chi connectivity index (χ1n) is 6.21. The number of sulfone groups is 1. The number of hydrogen-bond donors (Lipinski definition) is 1. The molecule has 0 aromatic heterocycles. The monoisotopic (exact) mass is 277 g/mol. The lowest BCUT2D eigenvalue weighted by atomic mass is 10.3. The minimum Gasteiger partial charge on any atom is -0.375 e. The molecule has 0 aromatic rings. The van der Waals surface area contributed by atoms with Crippen LogP contribution in [0.15, 0.2) is 4.99 Å². The standard InChI is InChI=1S/C11H23N3O3S/c1-9(2)18(15,16)7-4-13-11(12)14-5-6-17-10(3)8-14/h9-10H,4-8H2,1-3H3,(H2,12,13). The maximum Gasteiger partial charge on any atom is 0.191 e. The summed E-state index contributed by atoms with van der Waals surface area (Å²) in [7, 11) is -3.04. The highest BCUT2D eigenvalue weighted by Gasteiger charge is 2.19. The lowest BCUT2D eigenvalue weighted by Crippen LogP contribution is -2.48. The second-order valence-corrected chi connectivity index (χ2v) is 7.46. The van der Waals surface area contributed by atoms with Crippen molar-refractivity contribution in [3.05, 3.63) is 0 Å². The molecule has 1 aliphatic rings. The Morgan fingerprint density at radius 1 is 1.56 bits per heavy atom. The molecule has 18 heavy (non-hydrogen) atoms. The first-order chi connectivity index (χ1) is 8.33. The highest BCUT2D eigenvalue weighted by atomic mass is 32.2. The Bertz CT molecular complexity index is 392. The Kier molecular flexibility index (Phi) is 5.40. The van der Waals surface area contributed by atoms with Crippen molar-refractivity contribution >= 4 is 15.8 Å². The van der Waals surface area contributed by atoms with Gasteiger partial charge in [0, 0.05) is 13.1 Å². The molecule has 1 unspecified atom stereocenters. The summed E-state index contributed by atoms with van der Waals surface area (Å²) in [6.07, 6.45) is 0.131. The number of hydrogen-bond acceptors (Lipinski definition) is 4. The summed E-state index contributed by atoms with van der Waals surface area (Å²) in [5.41, 5.74) is 5.84. The van der Waals surface area contributed by atoms with Gasteiger partial charge in [-0.15, -0.1) is 0 Å². The predicted octanol–water partition coefficient (Wildman–Crippen LogP) is -0.155. The zero-order chi connectivity index (χ0) is 13.8. The second kappa shape index (κ2) is 6.38. The van der Waals surface area contributed by atoms with Crippen LogP contribution in [0.5, 0.6) is 0 Å². The molecule has 6 nitrogen and oxygen atoms in total. The Labute approximate surface area is 109 Å². The van der Waals surface area contributed by atoms with Gasteiger partial charge in [-0.1, -0.05) is 0 Å². The van der Waals surface area contributed by atoms with Crippen LogP contribution in [0.1, 0.15) is 20.8 Å². The molecule has 1 rings (SSSR count). The molecule has 1 fully saturated rings. The van der Waals surface area contributed by atoms with E-state index in [1.54, 1.807) is 13.8 Å². The lowest BCUT2D eigenvalue weighted by Gasteiger charge is -2.31. The number of rotatable bonds is 4. The van der Waals surface area contributed by atoms with E-state index < -0.39 is 9.84 Å². The summed E-state index contributed by atoms with van der Waals surface area (Å²) in [5, 5.41) is -0.364. The fourth-order valence-corrected chi connectivity index (χ4v) is 2.47. The smallest absolute Gasteiger partial charge is 0.191 e. The topological polar surface area (TPSA) is 85.0 Å². The Hall–Kier alpha value is -0.820. The van der Waals surface area contributed by atoms with Crippen molar-refractivity contribution in [2.75, 3.05) is 32.0 Å². The molecule has 1 atom stereocenters. The molecular weight excluding hydrogens is 254 g/mol. The van der Waals surface area contributed by atoms with Gasteiger partial charge < -0.3 is 15.4 Å². The van der Waals surface area contributed by atoms with Crippen molar-refractivity contribution in [3.63, 3.8) is 0 Å². The highest BCUT2D eigenvalue weighted by molar-refractivity contribution is 7.92. The molecule has 0 aliphatic carbocycles. The van der Waals surface area contributed by atoms with E-state index in [1.807, 2.05) is 11.8 Å². The van der Waals surface area contributed by atoms with Gasteiger partial charge in [0.05, 0.1) is 30.3 Å². The van der Waals surface area contributed by atoms with E-state index in [2.05, 4.69) is 4.99 Å². The normalized spacial score (nSPS) is 22.6. The Morgan fingerprint density at radius 2 is 2.22 bits per heavy atom. The quantitative estimate of drug-likeness (QED) is 0.570. The third-order valence-electron chi connectivity index (χ3n) is 2.93. The van der Waals surface area contributed by atoms with E-state index >= 15 is 0 Å². The molecule has 0 spiro atoms. The van der Waals surface area contributed by atoms with Crippen LogP contribution in [0.25, 0.3) is 0 Å². The summed E-state index contributed by atoms with van der Waals surface area (Å²) in [5.74, 6) is 0.453. The first kappa shape index (κ1) is 15.2. The number of ether oxygens (including phenoxy) is 1. The molecule has 0 bridgehead atoms. The molecular formula is C11H23N3O3S. The van der Waals surface area contributed by atoms with Gasteiger partial charge in [-0.2, -0.15) is 0 Å². The zero-order valence-electron chi connectivity index (χ0n) is 11.3.